The molecule has 2 rings (SSSR count). The van der Waals surface area contributed by atoms with Gasteiger partial charge in [0.15, 0.2) is 23.7 Å². The van der Waals surface area contributed by atoms with Crippen LogP contribution in [0.15, 0.2) is 11.5 Å². The molecule has 1 heterocycles. The van der Waals surface area contributed by atoms with Gasteiger partial charge in [0.1, 0.15) is 11.9 Å². The van der Waals surface area contributed by atoms with Gasteiger partial charge in [-0.1, -0.05) is 25.7 Å². The van der Waals surface area contributed by atoms with Gasteiger partial charge in [0.2, 0.25) is 11.6 Å². The number of aliphatic hydroxyl groups excluding tert-OH is 6. The Kier molecular flexibility index (Phi) is 10.0. The van der Waals surface area contributed by atoms with Gasteiger partial charge in [-0.05, 0) is 18.8 Å². The molecule has 2 aliphatic rings. The van der Waals surface area contributed by atoms with Gasteiger partial charge in [-0.25, -0.2) is 0 Å². The Morgan fingerprint density at radius 3 is 2.20 bits per heavy atom. The van der Waals surface area contributed by atoms with E-state index in [9.17, 15) is 50.4 Å². The molecule has 0 aromatic carbocycles. The number of aliphatic hydroxyl groups is 9. The van der Waals surface area contributed by atoms with Gasteiger partial charge in [0.25, 0.3) is 0 Å². The lowest BCUT2D eigenvalue weighted by Crippen LogP contribution is -2.71. The first-order valence-corrected chi connectivity index (χ1v) is 11.6. The highest BCUT2D eigenvalue weighted by Gasteiger charge is 2.68. The molecule has 0 spiro atoms. The Bertz CT molecular complexity index is 781. The van der Waals surface area contributed by atoms with Crippen molar-refractivity contribution in [3.05, 3.63) is 11.5 Å². The SMILES string of the molecule is O=C(O)CCCCCCC[C@@H]1C(=O)C[C@H](CO)[C@H]1C1(O)OC(=C(O)C(O)CO)C(O)C(O)(O)C1O. The molecular weight excluding hydrogens is 472 g/mol. The van der Waals surface area contributed by atoms with E-state index in [0.717, 1.165) is 0 Å². The fourth-order valence-electron chi connectivity index (χ4n) is 5.01. The Labute approximate surface area is 201 Å². The number of ether oxygens (including phenoxy) is 1. The van der Waals surface area contributed by atoms with Crippen molar-refractivity contribution in [2.75, 3.05) is 13.2 Å². The molecule has 0 amide bonds. The molecule has 35 heavy (non-hydrogen) atoms. The van der Waals surface area contributed by atoms with E-state index in [4.69, 9.17) is 14.9 Å². The van der Waals surface area contributed by atoms with E-state index in [1.165, 1.54) is 0 Å². The highest BCUT2D eigenvalue weighted by molar-refractivity contribution is 5.84. The molecule has 1 aliphatic carbocycles. The van der Waals surface area contributed by atoms with Gasteiger partial charge >= 0.3 is 5.97 Å². The predicted molar refractivity (Wildman–Crippen MR) is 115 cm³/mol. The third-order valence-corrected chi connectivity index (χ3v) is 6.90. The van der Waals surface area contributed by atoms with E-state index in [1.54, 1.807) is 0 Å². The number of carbonyl (C=O) groups is 2. The second-order valence-corrected chi connectivity index (χ2v) is 9.34. The van der Waals surface area contributed by atoms with Crippen molar-refractivity contribution < 1.29 is 65.4 Å². The van der Waals surface area contributed by atoms with Crippen LogP contribution < -0.4 is 0 Å². The molecular formula is C22H36O13. The number of rotatable bonds is 12. The molecule has 0 aromatic heterocycles. The highest BCUT2D eigenvalue weighted by atomic mass is 16.7. The average Bonchev–Trinajstić information content (AvgIpc) is 3.14. The fourth-order valence-corrected chi connectivity index (χ4v) is 5.01. The van der Waals surface area contributed by atoms with Crippen molar-refractivity contribution in [2.45, 2.75) is 81.3 Å². The van der Waals surface area contributed by atoms with Crippen LogP contribution >= 0.6 is 0 Å². The lowest BCUT2D eigenvalue weighted by molar-refractivity contribution is -0.400. The highest BCUT2D eigenvalue weighted by Crippen LogP contribution is 2.50. The standard InChI is InChI=1S/C22H36O13/c23-9-11-8-13(25)12(6-4-2-1-3-5-7-15(27)28)16(11)22(34)20(31)21(32,33)19(30)18(35-22)17(29)14(26)10-24/h11-12,14,16,19-20,23-24,26,29-34H,1-10H2,(H,27,28)/t11-,12-,14?,16-,19?,20?,22?/m1/s1. The molecule has 0 radical (unpaired) electrons. The van der Waals surface area contributed by atoms with Crippen molar-refractivity contribution in [3.63, 3.8) is 0 Å². The summed E-state index contributed by atoms with van der Waals surface area (Å²) in [4.78, 5) is 23.3. The van der Waals surface area contributed by atoms with E-state index in [2.05, 4.69) is 0 Å². The molecule has 1 aliphatic heterocycles. The van der Waals surface area contributed by atoms with Gasteiger partial charge < -0.3 is 55.8 Å². The van der Waals surface area contributed by atoms with Gasteiger partial charge in [0.05, 0.1) is 6.61 Å². The van der Waals surface area contributed by atoms with Crippen molar-refractivity contribution in [3.8, 4) is 0 Å². The second kappa shape index (κ2) is 11.9. The second-order valence-electron chi connectivity index (χ2n) is 9.34. The summed E-state index contributed by atoms with van der Waals surface area (Å²) in [6.07, 6.45) is -4.21. The van der Waals surface area contributed by atoms with Crippen LogP contribution in [0.2, 0.25) is 0 Å². The van der Waals surface area contributed by atoms with Crippen LogP contribution in [-0.2, 0) is 14.3 Å². The fraction of sp³-hybridized carbons (Fsp3) is 0.818. The summed E-state index contributed by atoms with van der Waals surface area (Å²) in [5, 5.41) is 100. The zero-order valence-corrected chi connectivity index (χ0v) is 19.2. The van der Waals surface area contributed by atoms with Crippen LogP contribution in [0.25, 0.3) is 0 Å². The largest absolute Gasteiger partial charge is 0.506 e. The molecule has 4 unspecified atom stereocenters. The lowest BCUT2D eigenvalue weighted by atomic mass is 9.73. The number of carbonyl (C=O) groups excluding carboxylic acids is 1. The van der Waals surface area contributed by atoms with Crippen molar-refractivity contribution >= 4 is 11.8 Å². The Hall–Kier alpha value is -1.84. The first-order chi connectivity index (χ1) is 16.3. The van der Waals surface area contributed by atoms with Crippen LogP contribution in [0.1, 0.15) is 51.4 Å². The molecule has 202 valence electrons. The maximum atomic E-state index is 12.7. The quantitative estimate of drug-likeness (QED) is 0.0769. The van der Waals surface area contributed by atoms with E-state index < -0.39 is 78.3 Å². The third kappa shape index (κ3) is 6.12. The number of carboxylic acid groups (broad SMARTS) is 1. The molecule has 13 heteroatoms. The molecule has 1 saturated heterocycles. The van der Waals surface area contributed by atoms with Crippen LogP contribution in [0, 0.1) is 17.8 Å². The van der Waals surface area contributed by atoms with Crippen LogP contribution in [0.4, 0.5) is 0 Å². The minimum absolute atomic E-state index is 0.0488. The summed E-state index contributed by atoms with van der Waals surface area (Å²) in [5.74, 6) is -13.4. The Morgan fingerprint density at radius 1 is 1.03 bits per heavy atom. The lowest BCUT2D eigenvalue weighted by Gasteiger charge is -2.51. The minimum Gasteiger partial charge on any atom is -0.506 e. The number of carboxylic acids is 1. The number of hydrogen-bond acceptors (Lipinski definition) is 12. The van der Waals surface area contributed by atoms with Crippen molar-refractivity contribution in [2.24, 2.45) is 17.8 Å². The summed E-state index contributed by atoms with van der Waals surface area (Å²) in [6.45, 7) is -1.68. The van der Waals surface area contributed by atoms with Gasteiger partial charge in [0, 0.05) is 31.3 Å². The first kappa shape index (κ1) is 29.4. The maximum Gasteiger partial charge on any atom is 0.303 e. The minimum atomic E-state index is -3.49. The first-order valence-electron chi connectivity index (χ1n) is 11.6. The third-order valence-electron chi connectivity index (χ3n) is 6.90. The topological polar surface area (TPSA) is 246 Å². The van der Waals surface area contributed by atoms with Crippen LogP contribution in [0.5, 0.6) is 0 Å². The number of Topliss-reactive ketones (excluding diaryl/α,β-unsaturated/α-hetero) is 1. The van der Waals surface area contributed by atoms with Crippen molar-refractivity contribution in [1.82, 2.24) is 0 Å². The molecule has 7 atom stereocenters. The summed E-state index contributed by atoms with van der Waals surface area (Å²) in [5.41, 5.74) is 0. The van der Waals surface area contributed by atoms with E-state index in [-0.39, 0.29) is 25.0 Å². The summed E-state index contributed by atoms with van der Waals surface area (Å²) in [7, 11) is 0. The molecule has 0 bridgehead atoms. The smallest absolute Gasteiger partial charge is 0.303 e. The molecule has 0 aromatic rings. The molecule has 10 N–H and O–H groups in total. The van der Waals surface area contributed by atoms with Gasteiger partial charge in [-0.2, -0.15) is 0 Å². The average molecular weight is 509 g/mol. The number of hydrogen-bond donors (Lipinski definition) is 10. The van der Waals surface area contributed by atoms with E-state index >= 15 is 0 Å². The summed E-state index contributed by atoms with van der Waals surface area (Å²) >= 11 is 0. The predicted octanol–water partition coefficient (Wildman–Crippen LogP) is -2.14. The summed E-state index contributed by atoms with van der Waals surface area (Å²) in [6, 6.07) is 0. The zero-order valence-electron chi connectivity index (χ0n) is 19.2. The monoisotopic (exact) mass is 508 g/mol. The van der Waals surface area contributed by atoms with Gasteiger partial charge in [-0.3, -0.25) is 9.59 Å². The summed E-state index contributed by atoms with van der Waals surface area (Å²) < 4.78 is 5.27. The molecule has 13 nitrogen and oxygen atoms in total. The van der Waals surface area contributed by atoms with Crippen LogP contribution in [0.3, 0.4) is 0 Å². The van der Waals surface area contributed by atoms with Crippen LogP contribution in [-0.4, -0.2) is 106 Å². The van der Waals surface area contributed by atoms with Gasteiger partial charge in [-0.15, -0.1) is 0 Å². The Balaban J connectivity index is 2.29. The molecule has 2 fully saturated rings. The molecule has 1 saturated carbocycles. The number of ketones is 1. The Morgan fingerprint density at radius 2 is 1.63 bits per heavy atom. The normalized spacial score (nSPS) is 35.0. The zero-order chi connectivity index (χ0) is 26.6. The maximum absolute atomic E-state index is 12.7. The van der Waals surface area contributed by atoms with E-state index in [0.29, 0.717) is 32.1 Å². The number of unbranched alkanes of at least 4 members (excludes halogenated alkanes) is 4. The van der Waals surface area contributed by atoms with E-state index in [1.807, 2.05) is 0 Å². The number of aliphatic carboxylic acids is 1. The van der Waals surface area contributed by atoms with Crippen molar-refractivity contribution in [1.29, 1.82) is 0 Å².